The largest absolute Gasteiger partial charge is 0.366 e. The van der Waals surface area contributed by atoms with Gasteiger partial charge < -0.3 is 11.1 Å². The highest BCUT2D eigenvalue weighted by atomic mass is 32.1. The Morgan fingerprint density at radius 2 is 1.78 bits per heavy atom. The van der Waals surface area contributed by atoms with Gasteiger partial charge in [0, 0.05) is 12.1 Å². The summed E-state index contributed by atoms with van der Waals surface area (Å²) in [4.78, 5) is 23.0. The Balaban J connectivity index is 1.90. The van der Waals surface area contributed by atoms with Gasteiger partial charge in [-0.2, -0.15) is 0 Å². The van der Waals surface area contributed by atoms with Crippen LogP contribution in [0.2, 0.25) is 0 Å². The van der Waals surface area contributed by atoms with Crippen LogP contribution in [0, 0.1) is 5.82 Å². The number of primary amides is 1. The summed E-state index contributed by atoms with van der Waals surface area (Å²) in [5, 5.41) is 2.65. The molecule has 0 aliphatic heterocycles. The Bertz CT molecular complexity index is 707. The third-order valence-corrected chi connectivity index (χ3v) is 3.63. The number of hydrogen-bond acceptors (Lipinski definition) is 3. The predicted octanol–water partition coefficient (Wildman–Crippen LogP) is 2.53. The van der Waals surface area contributed by atoms with Gasteiger partial charge in [0.2, 0.25) is 5.91 Å². The SMILES string of the molecule is NC(=O)c1ccc(N(S)C(=O)NCCc2ccccc2F)cc1. The molecule has 0 saturated carbocycles. The van der Waals surface area contributed by atoms with E-state index in [1.54, 1.807) is 30.3 Å². The third kappa shape index (κ3) is 4.46. The molecule has 0 radical (unpaired) electrons. The maximum absolute atomic E-state index is 13.5. The molecule has 3 amide bonds. The van der Waals surface area contributed by atoms with Crippen LogP contribution in [0.25, 0.3) is 0 Å². The number of hydrogen-bond donors (Lipinski definition) is 3. The van der Waals surface area contributed by atoms with Crippen LogP contribution in [-0.4, -0.2) is 18.5 Å². The van der Waals surface area contributed by atoms with Gasteiger partial charge in [-0.1, -0.05) is 31.0 Å². The van der Waals surface area contributed by atoms with Gasteiger partial charge >= 0.3 is 6.03 Å². The van der Waals surface area contributed by atoms with Crippen molar-refractivity contribution in [1.29, 1.82) is 0 Å². The molecule has 23 heavy (non-hydrogen) atoms. The van der Waals surface area contributed by atoms with Crippen molar-refractivity contribution in [3.63, 3.8) is 0 Å². The second kappa shape index (κ2) is 7.64. The second-order valence-electron chi connectivity index (χ2n) is 4.80. The number of nitrogens with two attached hydrogens (primary N) is 1. The lowest BCUT2D eigenvalue weighted by atomic mass is 10.1. The topological polar surface area (TPSA) is 75.4 Å². The van der Waals surface area contributed by atoms with Crippen molar-refractivity contribution in [3.05, 3.63) is 65.5 Å². The first-order valence-electron chi connectivity index (χ1n) is 6.89. The van der Waals surface area contributed by atoms with E-state index in [4.69, 9.17) is 5.73 Å². The van der Waals surface area contributed by atoms with E-state index < -0.39 is 11.9 Å². The van der Waals surface area contributed by atoms with Gasteiger partial charge in [0.05, 0.1) is 5.69 Å². The van der Waals surface area contributed by atoms with Crippen molar-refractivity contribution >= 4 is 30.4 Å². The molecule has 0 aliphatic rings. The summed E-state index contributed by atoms with van der Waals surface area (Å²) in [5.41, 5.74) is 6.51. The standard InChI is InChI=1S/C16H16FN3O2S/c17-14-4-2-1-3-11(14)9-10-19-16(22)20(23)13-7-5-12(6-8-13)15(18)21/h1-8,23H,9-10H2,(H2,18,21)(H,19,22). The predicted molar refractivity (Wildman–Crippen MR) is 89.9 cm³/mol. The van der Waals surface area contributed by atoms with E-state index >= 15 is 0 Å². The summed E-state index contributed by atoms with van der Waals surface area (Å²) in [7, 11) is 0. The van der Waals surface area contributed by atoms with Gasteiger partial charge in [-0.15, -0.1) is 0 Å². The molecule has 0 heterocycles. The van der Waals surface area contributed by atoms with Crippen LogP contribution in [0.1, 0.15) is 15.9 Å². The van der Waals surface area contributed by atoms with Gasteiger partial charge in [-0.3, -0.25) is 4.79 Å². The number of thiol groups is 1. The van der Waals surface area contributed by atoms with Crippen LogP contribution in [0.3, 0.4) is 0 Å². The smallest absolute Gasteiger partial charge is 0.331 e. The Morgan fingerprint density at radius 3 is 2.39 bits per heavy atom. The van der Waals surface area contributed by atoms with Crippen LogP contribution in [0.4, 0.5) is 14.9 Å². The van der Waals surface area contributed by atoms with Crippen molar-refractivity contribution < 1.29 is 14.0 Å². The highest BCUT2D eigenvalue weighted by molar-refractivity contribution is 7.82. The molecule has 0 aromatic heterocycles. The summed E-state index contributed by atoms with van der Waals surface area (Å²) in [6, 6.07) is 12.1. The average molecular weight is 333 g/mol. The van der Waals surface area contributed by atoms with Gasteiger partial charge in [-0.05, 0) is 42.3 Å². The fourth-order valence-electron chi connectivity index (χ4n) is 1.96. The van der Waals surface area contributed by atoms with Crippen LogP contribution in [0.15, 0.2) is 48.5 Å². The minimum Gasteiger partial charge on any atom is -0.366 e. The highest BCUT2D eigenvalue weighted by Crippen LogP contribution is 2.17. The molecule has 0 aliphatic carbocycles. The number of carbonyl (C=O) groups is 2. The van der Waals surface area contributed by atoms with Crippen molar-refractivity contribution in [2.24, 2.45) is 5.73 Å². The lowest BCUT2D eigenvalue weighted by Crippen LogP contribution is -2.35. The van der Waals surface area contributed by atoms with Crippen molar-refractivity contribution in [2.45, 2.75) is 6.42 Å². The minimum absolute atomic E-state index is 0.274. The van der Waals surface area contributed by atoms with Crippen molar-refractivity contribution in [2.75, 3.05) is 10.8 Å². The number of amides is 3. The average Bonchev–Trinajstić information content (AvgIpc) is 2.56. The number of urea groups is 1. The van der Waals surface area contributed by atoms with E-state index in [-0.39, 0.29) is 12.4 Å². The molecule has 120 valence electrons. The first-order chi connectivity index (χ1) is 11.0. The summed E-state index contributed by atoms with van der Waals surface area (Å²) in [6.07, 6.45) is 0.376. The zero-order chi connectivity index (χ0) is 16.8. The van der Waals surface area contributed by atoms with Gasteiger partial charge in [0.25, 0.3) is 0 Å². The summed E-state index contributed by atoms with van der Waals surface area (Å²) < 4.78 is 14.6. The van der Waals surface area contributed by atoms with Crippen LogP contribution >= 0.6 is 12.8 Å². The summed E-state index contributed by atoms with van der Waals surface area (Å²) >= 11 is 4.11. The van der Waals surface area contributed by atoms with Gasteiger partial charge in [-0.25, -0.2) is 13.5 Å². The maximum atomic E-state index is 13.5. The molecular formula is C16H16FN3O2S. The molecular weight excluding hydrogens is 317 g/mol. The minimum atomic E-state index is -0.545. The molecule has 0 spiro atoms. The zero-order valence-corrected chi connectivity index (χ0v) is 13.1. The van der Waals surface area contributed by atoms with Crippen LogP contribution in [0.5, 0.6) is 0 Å². The Morgan fingerprint density at radius 1 is 1.13 bits per heavy atom. The molecule has 2 aromatic carbocycles. The first kappa shape index (κ1) is 16.8. The molecule has 5 nitrogen and oxygen atoms in total. The monoisotopic (exact) mass is 333 g/mol. The first-order valence-corrected chi connectivity index (χ1v) is 7.29. The number of anilines is 1. The number of nitrogens with zero attached hydrogens (tertiary/aromatic N) is 1. The van der Waals surface area contributed by atoms with Crippen molar-refractivity contribution in [1.82, 2.24) is 5.32 Å². The van der Waals surface area contributed by atoms with E-state index in [9.17, 15) is 14.0 Å². The fourth-order valence-corrected chi connectivity index (χ4v) is 2.17. The number of benzene rings is 2. The van der Waals surface area contributed by atoms with Crippen molar-refractivity contribution in [3.8, 4) is 0 Å². The van der Waals surface area contributed by atoms with E-state index in [1.165, 1.54) is 18.2 Å². The number of halogens is 1. The van der Waals surface area contributed by atoms with E-state index in [2.05, 4.69) is 18.1 Å². The van der Waals surface area contributed by atoms with E-state index in [0.29, 0.717) is 23.2 Å². The second-order valence-corrected chi connectivity index (χ2v) is 5.20. The molecule has 7 heteroatoms. The lowest BCUT2D eigenvalue weighted by molar-refractivity contribution is 0.100. The van der Waals surface area contributed by atoms with E-state index in [1.807, 2.05) is 0 Å². The summed E-state index contributed by atoms with van der Waals surface area (Å²) in [6.45, 7) is 0.274. The van der Waals surface area contributed by atoms with E-state index in [0.717, 1.165) is 4.31 Å². The Hall–Kier alpha value is -2.54. The Kier molecular flexibility index (Phi) is 5.59. The molecule has 2 aromatic rings. The molecule has 3 N–H and O–H groups in total. The van der Waals surface area contributed by atoms with Gasteiger partial charge in [0.1, 0.15) is 5.82 Å². The maximum Gasteiger partial charge on any atom is 0.331 e. The Labute approximate surface area is 138 Å². The zero-order valence-electron chi connectivity index (χ0n) is 12.2. The molecule has 2 rings (SSSR count). The third-order valence-electron chi connectivity index (χ3n) is 3.22. The number of carbonyl (C=O) groups excluding carboxylic acids is 2. The quantitative estimate of drug-likeness (QED) is 0.736. The molecule has 0 saturated heterocycles. The van der Waals surface area contributed by atoms with Crippen LogP contribution in [-0.2, 0) is 6.42 Å². The molecule has 0 fully saturated rings. The fraction of sp³-hybridized carbons (Fsp3) is 0.125. The van der Waals surface area contributed by atoms with Crippen LogP contribution < -0.4 is 15.4 Å². The van der Waals surface area contributed by atoms with Gasteiger partial charge in [0.15, 0.2) is 0 Å². The molecule has 0 atom stereocenters. The normalized spacial score (nSPS) is 10.2. The summed E-state index contributed by atoms with van der Waals surface area (Å²) in [5.74, 6) is -0.844. The molecule has 0 bridgehead atoms. The molecule has 0 unspecified atom stereocenters. The number of rotatable bonds is 5. The highest BCUT2D eigenvalue weighted by Gasteiger charge is 2.12. The lowest BCUT2D eigenvalue weighted by Gasteiger charge is -2.16. The number of nitrogens with one attached hydrogen (secondary N) is 1.